The Hall–Kier alpha value is -2.82. The van der Waals surface area contributed by atoms with Crippen LogP contribution in [-0.4, -0.2) is 17.5 Å². The molecule has 0 aliphatic carbocycles. The molecule has 1 amide bonds. The molecular weight excluding hydrogens is 283 g/mol. The lowest BCUT2D eigenvalue weighted by molar-refractivity contribution is 0.102. The Morgan fingerprint density at radius 3 is 2.86 bits per heavy atom. The maximum absolute atomic E-state index is 13.2. The van der Waals surface area contributed by atoms with Crippen LogP contribution in [-0.2, 0) is 0 Å². The number of hydrogen-bond donors (Lipinski definition) is 2. The molecule has 0 bridgehead atoms. The number of aromatic amines is 1. The van der Waals surface area contributed by atoms with Crippen LogP contribution in [0.5, 0.6) is 5.75 Å². The number of rotatable bonds is 4. The van der Waals surface area contributed by atoms with Crippen LogP contribution in [0.15, 0.2) is 48.5 Å². The Kier molecular flexibility index (Phi) is 3.78. The highest BCUT2D eigenvalue weighted by Crippen LogP contribution is 2.25. The minimum atomic E-state index is -0.344. The number of fused-ring (bicyclic) bond motifs is 1. The van der Waals surface area contributed by atoms with Crippen molar-refractivity contribution in [1.29, 1.82) is 0 Å². The third-order valence-electron chi connectivity index (χ3n) is 3.26. The van der Waals surface area contributed by atoms with Crippen LogP contribution in [0.3, 0.4) is 0 Å². The molecule has 0 aliphatic rings. The molecule has 5 heteroatoms. The molecule has 1 heterocycles. The molecule has 3 rings (SSSR count). The van der Waals surface area contributed by atoms with E-state index in [-0.39, 0.29) is 11.7 Å². The van der Waals surface area contributed by atoms with Crippen molar-refractivity contribution >= 4 is 22.5 Å². The SMILES string of the molecule is CCOc1ccccc1NC(=O)c1cc2ccc(F)cc2[nH]1. The van der Waals surface area contributed by atoms with Crippen molar-refractivity contribution in [3.63, 3.8) is 0 Å². The Morgan fingerprint density at radius 1 is 1.23 bits per heavy atom. The monoisotopic (exact) mass is 298 g/mol. The van der Waals surface area contributed by atoms with Gasteiger partial charge in [0.25, 0.3) is 5.91 Å². The molecule has 1 aromatic heterocycles. The van der Waals surface area contributed by atoms with Gasteiger partial charge in [-0.15, -0.1) is 0 Å². The number of nitrogens with one attached hydrogen (secondary N) is 2. The molecular formula is C17H15FN2O2. The smallest absolute Gasteiger partial charge is 0.272 e. The standard InChI is InChI=1S/C17H15FN2O2/c1-2-22-16-6-4-3-5-13(16)20-17(21)15-9-11-7-8-12(18)10-14(11)19-15/h3-10,19H,2H2,1H3,(H,20,21). The predicted molar refractivity (Wildman–Crippen MR) is 83.8 cm³/mol. The number of carbonyl (C=O) groups excluding carboxylic acids is 1. The average Bonchev–Trinajstić information content (AvgIpc) is 2.92. The van der Waals surface area contributed by atoms with Crippen molar-refractivity contribution in [3.05, 3.63) is 60.0 Å². The van der Waals surface area contributed by atoms with E-state index in [1.54, 1.807) is 24.3 Å². The van der Waals surface area contributed by atoms with E-state index >= 15 is 0 Å². The first-order valence-electron chi connectivity index (χ1n) is 6.99. The van der Waals surface area contributed by atoms with Gasteiger partial charge in [-0.1, -0.05) is 12.1 Å². The average molecular weight is 298 g/mol. The van der Waals surface area contributed by atoms with Gasteiger partial charge in [-0.25, -0.2) is 4.39 Å². The van der Waals surface area contributed by atoms with Crippen LogP contribution in [0.4, 0.5) is 10.1 Å². The molecule has 0 spiro atoms. The lowest BCUT2D eigenvalue weighted by Gasteiger charge is -2.10. The number of H-pyrrole nitrogens is 1. The molecule has 3 aromatic rings. The summed E-state index contributed by atoms with van der Waals surface area (Å²) < 4.78 is 18.7. The lowest BCUT2D eigenvalue weighted by atomic mass is 10.2. The van der Waals surface area contributed by atoms with Crippen molar-refractivity contribution in [1.82, 2.24) is 4.98 Å². The molecule has 2 aromatic carbocycles. The van der Waals surface area contributed by atoms with Gasteiger partial charge in [0, 0.05) is 10.9 Å². The number of para-hydroxylation sites is 2. The summed E-state index contributed by atoms with van der Waals surface area (Å²) in [6.45, 7) is 2.39. The summed E-state index contributed by atoms with van der Waals surface area (Å²) in [6.07, 6.45) is 0. The predicted octanol–water partition coefficient (Wildman–Crippen LogP) is 3.96. The second-order valence-corrected chi connectivity index (χ2v) is 4.80. The molecule has 0 radical (unpaired) electrons. The normalized spacial score (nSPS) is 10.6. The summed E-state index contributed by atoms with van der Waals surface area (Å²) in [7, 11) is 0. The zero-order valence-corrected chi connectivity index (χ0v) is 12.0. The number of carbonyl (C=O) groups is 1. The van der Waals surface area contributed by atoms with Gasteiger partial charge in [-0.05, 0) is 43.3 Å². The summed E-state index contributed by atoms with van der Waals surface area (Å²) in [4.78, 5) is 15.2. The molecule has 0 saturated carbocycles. The summed E-state index contributed by atoms with van der Waals surface area (Å²) in [5.41, 5.74) is 1.55. The molecule has 112 valence electrons. The zero-order valence-electron chi connectivity index (χ0n) is 12.0. The highest BCUT2D eigenvalue weighted by Gasteiger charge is 2.12. The van der Waals surface area contributed by atoms with Gasteiger partial charge >= 0.3 is 0 Å². The Bertz CT molecular complexity index is 826. The van der Waals surface area contributed by atoms with Gasteiger partial charge in [-0.3, -0.25) is 4.79 Å². The van der Waals surface area contributed by atoms with Gasteiger partial charge in [0.05, 0.1) is 12.3 Å². The number of anilines is 1. The van der Waals surface area contributed by atoms with Gasteiger partial charge in [-0.2, -0.15) is 0 Å². The molecule has 2 N–H and O–H groups in total. The summed E-state index contributed by atoms with van der Waals surface area (Å²) in [5, 5.41) is 3.58. The van der Waals surface area contributed by atoms with Gasteiger partial charge in [0.2, 0.25) is 0 Å². The Balaban J connectivity index is 1.87. The molecule has 0 saturated heterocycles. The van der Waals surface area contributed by atoms with Crippen molar-refractivity contribution in [2.24, 2.45) is 0 Å². The number of ether oxygens (including phenoxy) is 1. The van der Waals surface area contributed by atoms with Crippen molar-refractivity contribution < 1.29 is 13.9 Å². The maximum Gasteiger partial charge on any atom is 0.272 e. The number of benzene rings is 2. The number of amides is 1. The first-order chi connectivity index (χ1) is 10.7. The molecule has 0 atom stereocenters. The third kappa shape index (κ3) is 2.79. The third-order valence-corrected chi connectivity index (χ3v) is 3.26. The van der Waals surface area contributed by atoms with Gasteiger partial charge in [0.1, 0.15) is 17.3 Å². The van der Waals surface area contributed by atoms with E-state index in [9.17, 15) is 9.18 Å². The van der Waals surface area contributed by atoms with Crippen LogP contribution in [0, 0.1) is 5.82 Å². The van der Waals surface area contributed by atoms with Crippen LogP contribution in [0.2, 0.25) is 0 Å². The molecule has 0 aliphatic heterocycles. The summed E-state index contributed by atoms with van der Waals surface area (Å²) >= 11 is 0. The van der Waals surface area contributed by atoms with Gasteiger partial charge in [0.15, 0.2) is 0 Å². The van der Waals surface area contributed by atoms with Crippen molar-refractivity contribution in [2.45, 2.75) is 6.92 Å². The van der Waals surface area contributed by atoms with E-state index in [1.165, 1.54) is 12.1 Å². The van der Waals surface area contributed by atoms with E-state index in [0.29, 0.717) is 29.3 Å². The molecule has 0 fully saturated rings. The van der Waals surface area contributed by atoms with Gasteiger partial charge < -0.3 is 15.0 Å². The highest BCUT2D eigenvalue weighted by atomic mass is 19.1. The molecule has 0 unspecified atom stereocenters. The van der Waals surface area contributed by atoms with E-state index in [0.717, 1.165) is 5.39 Å². The quantitative estimate of drug-likeness (QED) is 0.766. The zero-order chi connectivity index (χ0) is 15.5. The first-order valence-corrected chi connectivity index (χ1v) is 6.99. The number of halogens is 1. The largest absolute Gasteiger partial charge is 0.492 e. The molecule has 22 heavy (non-hydrogen) atoms. The summed E-state index contributed by atoms with van der Waals surface area (Å²) in [5.74, 6) is -0.0349. The molecule has 4 nitrogen and oxygen atoms in total. The van der Waals surface area contributed by atoms with Crippen LogP contribution in [0.25, 0.3) is 10.9 Å². The summed E-state index contributed by atoms with van der Waals surface area (Å²) in [6, 6.07) is 13.3. The second kappa shape index (κ2) is 5.89. The fourth-order valence-corrected chi connectivity index (χ4v) is 2.26. The lowest BCUT2D eigenvalue weighted by Crippen LogP contribution is -2.13. The maximum atomic E-state index is 13.2. The second-order valence-electron chi connectivity index (χ2n) is 4.80. The first kappa shape index (κ1) is 14.1. The van der Waals surface area contributed by atoms with E-state index < -0.39 is 0 Å². The Labute approximate surface area is 126 Å². The van der Waals surface area contributed by atoms with Crippen molar-refractivity contribution in [3.8, 4) is 5.75 Å². The topological polar surface area (TPSA) is 54.1 Å². The number of hydrogen-bond acceptors (Lipinski definition) is 2. The van der Waals surface area contributed by atoms with Crippen LogP contribution < -0.4 is 10.1 Å². The van der Waals surface area contributed by atoms with E-state index in [4.69, 9.17) is 4.74 Å². The highest BCUT2D eigenvalue weighted by molar-refractivity contribution is 6.06. The van der Waals surface area contributed by atoms with E-state index in [2.05, 4.69) is 10.3 Å². The fourth-order valence-electron chi connectivity index (χ4n) is 2.26. The Morgan fingerprint density at radius 2 is 2.05 bits per heavy atom. The van der Waals surface area contributed by atoms with Crippen molar-refractivity contribution in [2.75, 3.05) is 11.9 Å². The van der Waals surface area contributed by atoms with Crippen LogP contribution >= 0.6 is 0 Å². The minimum Gasteiger partial charge on any atom is -0.492 e. The fraction of sp³-hybridized carbons (Fsp3) is 0.118. The van der Waals surface area contributed by atoms with E-state index in [1.807, 2.05) is 19.1 Å². The minimum absolute atomic E-state index is 0.302. The van der Waals surface area contributed by atoms with Crippen LogP contribution in [0.1, 0.15) is 17.4 Å². The number of aromatic nitrogens is 1.